The molecule has 1 amide bonds. The average molecular weight is 518 g/mol. The quantitative estimate of drug-likeness (QED) is 0.360. The van der Waals surface area contributed by atoms with Crippen LogP contribution in [-0.4, -0.2) is 44.8 Å². The number of nitrogens with zero attached hydrogens (tertiary/aromatic N) is 3. The summed E-state index contributed by atoms with van der Waals surface area (Å²) in [5.74, 6) is 0.345. The first-order chi connectivity index (χ1) is 15.0. The SMILES string of the molecule is COCCN1C(=O)C(=Cc2c(Oc3ccc(Br)cc3)nc3ccccn3c2=O)SC1=S. The van der Waals surface area contributed by atoms with Gasteiger partial charge < -0.3 is 9.47 Å². The number of methoxy groups -OCH3 is 1. The number of fused-ring (bicyclic) bond motifs is 1. The third-order valence-electron chi connectivity index (χ3n) is 4.43. The normalized spacial score (nSPS) is 15.3. The molecule has 1 saturated heterocycles. The maximum Gasteiger partial charge on any atom is 0.269 e. The summed E-state index contributed by atoms with van der Waals surface area (Å²) in [6, 6.07) is 12.4. The molecule has 10 heteroatoms. The van der Waals surface area contributed by atoms with Gasteiger partial charge in [0.05, 0.1) is 18.1 Å². The minimum Gasteiger partial charge on any atom is -0.438 e. The van der Waals surface area contributed by atoms with Gasteiger partial charge in [-0.3, -0.25) is 18.9 Å². The number of benzene rings is 1. The smallest absolute Gasteiger partial charge is 0.269 e. The Labute approximate surface area is 195 Å². The van der Waals surface area contributed by atoms with Gasteiger partial charge in [-0.15, -0.1) is 0 Å². The number of rotatable bonds is 6. The molecule has 0 aliphatic carbocycles. The summed E-state index contributed by atoms with van der Waals surface area (Å²) < 4.78 is 13.7. The molecule has 0 radical (unpaired) electrons. The number of carbonyl (C=O) groups is 1. The van der Waals surface area contributed by atoms with E-state index in [1.165, 1.54) is 15.4 Å². The number of halogens is 1. The van der Waals surface area contributed by atoms with Crippen LogP contribution in [0, 0.1) is 0 Å². The number of ether oxygens (including phenoxy) is 2. The first kappa shape index (κ1) is 21.7. The zero-order valence-corrected chi connectivity index (χ0v) is 19.5. The molecule has 158 valence electrons. The maximum absolute atomic E-state index is 13.2. The Morgan fingerprint density at radius 1 is 1.19 bits per heavy atom. The molecule has 0 bridgehead atoms. The van der Waals surface area contributed by atoms with Crippen LogP contribution in [0.1, 0.15) is 5.56 Å². The van der Waals surface area contributed by atoms with Crippen LogP contribution in [0.3, 0.4) is 0 Å². The first-order valence-electron chi connectivity index (χ1n) is 9.17. The average Bonchev–Trinajstić information content (AvgIpc) is 3.03. The Morgan fingerprint density at radius 3 is 2.71 bits per heavy atom. The predicted molar refractivity (Wildman–Crippen MR) is 127 cm³/mol. The Bertz CT molecular complexity index is 1260. The summed E-state index contributed by atoms with van der Waals surface area (Å²) in [7, 11) is 1.56. The van der Waals surface area contributed by atoms with Crippen molar-refractivity contribution in [2.24, 2.45) is 0 Å². The van der Waals surface area contributed by atoms with E-state index in [-0.39, 0.29) is 22.9 Å². The standard InChI is InChI=1S/C21H16BrN3O4S2/c1-28-11-10-25-20(27)16(31-21(25)30)12-15-18(29-14-7-5-13(22)6-8-14)23-17-4-2-3-9-24(17)19(15)26/h2-9,12H,10-11H2,1H3. The predicted octanol–water partition coefficient (Wildman–Crippen LogP) is 4.10. The van der Waals surface area contributed by atoms with E-state index in [0.29, 0.717) is 33.8 Å². The number of thioether (sulfide) groups is 1. The monoisotopic (exact) mass is 517 g/mol. The van der Waals surface area contributed by atoms with Gasteiger partial charge in [0.15, 0.2) is 0 Å². The van der Waals surface area contributed by atoms with Crippen molar-refractivity contribution in [3.63, 3.8) is 0 Å². The van der Waals surface area contributed by atoms with E-state index in [4.69, 9.17) is 21.7 Å². The molecule has 2 aromatic heterocycles. The van der Waals surface area contributed by atoms with Crippen molar-refractivity contribution in [3.8, 4) is 11.6 Å². The zero-order valence-electron chi connectivity index (χ0n) is 16.3. The van der Waals surface area contributed by atoms with Crippen LogP contribution in [-0.2, 0) is 9.53 Å². The fourth-order valence-corrected chi connectivity index (χ4v) is 4.46. The number of carbonyl (C=O) groups excluding carboxylic acids is 1. The van der Waals surface area contributed by atoms with Gasteiger partial charge in [0.2, 0.25) is 5.88 Å². The summed E-state index contributed by atoms with van der Waals surface area (Å²) in [6.07, 6.45) is 3.12. The minimum atomic E-state index is -0.347. The van der Waals surface area contributed by atoms with Crippen LogP contribution >= 0.6 is 39.9 Å². The van der Waals surface area contributed by atoms with E-state index < -0.39 is 0 Å². The summed E-state index contributed by atoms with van der Waals surface area (Å²) >= 11 is 9.84. The number of thiocarbonyl (C=S) groups is 1. The Morgan fingerprint density at radius 2 is 1.97 bits per heavy atom. The van der Waals surface area contributed by atoms with Crippen molar-refractivity contribution in [2.75, 3.05) is 20.3 Å². The van der Waals surface area contributed by atoms with E-state index in [1.54, 1.807) is 43.6 Å². The summed E-state index contributed by atoms with van der Waals surface area (Å²) in [5, 5.41) is 0. The van der Waals surface area contributed by atoms with E-state index in [9.17, 15) is 9.59 Å². The van der Waals surface area contributed by atoms with Gasteiger partial charge in [-0.25, -0.2) is 0 Å². The van der Waals surface area contributed by atoms with Gasteiger partial charge in [-0.05, 0) is 42.5 Å². The van der Waals surface area contributed by atoms with Gasteiger partial charge in [0, 0.05) is 17.8 Å². The van der Waals surface area contributed by atoms with Crippen molar-refractivity contribution in [3.05, 3.63) is 74.0 Å². The molecule has 7 nitrogen and oxygen atoms in total. The molecule has 1 aliphatic rings. The van der Waals surface area contributed by atoms with E-state index >= 15 is 0 Å². The molecule has 3 heterocycles. The Kier molecular flexibility index (Phi) is 6.51. The van der Waals surface area contributed by atoms with Gasteiger partial charge in [-0.2, -0.15) is 4.98 Å². The molecule has 0 spiro atoms. The third-order valence-corrected chi connectivity index (χ3v) is 6.34. The zero-order chi connectivity index (χ0) is 22.0. The highest BCUT2D eigenvalue weighted by molar-refractivity contribution is 9.10. The highest BCUT2D eigenvalue weighted by Gasteiger charge is 2.32. The number of hydrogen-bond donors (Lipinski definition) is 0. The van der Waals surface area contributed by atoms with E-state index in [2.05, 4.69) is 20.9 Å². The van der Waals surface area contributed by atoms with Crippen LogP contribution in [0.5, 0.6) is 11.6 Å². The fraction of sp³-hybridized carbons (Fsp3) is 0.143. The molecular weight excluding hydrogens is 502 g/mol. The van der Waals surface area contributed by atoms with Crippen molar-refractivity contribution < 1.29 is 14.3 Å². The van der Waals surface area contributed by atoms with E-state index in [0.717, 1.165) is 16.2 Å². The second kappa shape index (κ2) is 9.31. The Hall–Kier alpha value is -2.53. The second-order valence-corrected chi connectivity index (χ2v) is 9.04. The highest BCUT2D eigenvalue weighted by Crippen LogP contribution is 2.34. The highest BCUT2D eigenvalue weighted by atomic mass is 79.9. The van der Waals surface area contributed by atoms with Crippen molar-refractivity contribution >= 4 is 61.9 Å². The van der Waals surface area contributed by atoms with Crippen LogP contribution in [0.25, 0.3) is 11.7 Å². The number of aromatic nitrogens is 2. The lowest BCUT2D eigenvalue weighted by Gasteiger charge is -2.13. The number of amides is 1. The lowest BCUT2D eigenvalue weighted by Crippen LogP contribution is -2.31. The molecular formula is C21H16BrN3O4S2. The van der Waals surface area contributed by atoms with Crippen molar-refractivity contribution in [1.29, 1.82) is 0 Å². The van der Waals surface area contributed by atoms with Crippen LogP contribution in [0.2, 0.25) is 0 Å². The number of hydrogen-bond acceptors (Lipinski definition) is 7. The minimum absolute atomic E-state index is 0.112. The van der Waals surface area contributed by atoms with Gasteiger partial charge in [0.1, 0.15) is 21.3 Å². The Balaban J connectivity index is 1.80. The second-order valence-electron chi connectivity index (χ2n) is 6.45. The van der Waals surface area contributed by atoms with Crippen molar-refractivity contribution in [2.45, 2.75) is 0 Å². The molecule has 1 fully saturated rings. The van der Waals surface area contributed by atoms with Gasteiger partial charge >= 0.3 is 0 Å². The molecule has 0 saturated carbocycles. The number of pyridine rings is 1. The largest absolute Gasteiger partial charge is 0.438 e. The van der Waals surface area contributed by atoms with Gasteiger partial charge in [0.25, 0.3) is 11.5 Å². The van der Waals surface area contributed by atoms with Crippen molar-refractivity contribution in [1.82, 2.24) is 14.3 Å². The molecule has 1 aliphatic heterocycles. The molecule has 0 N–H and O–H groups in total. The third kappa shape index (κ3) is 4.57. The fourth-order valence-electron chi connectivity index (χ4n) is 2.90. The summed E-state index contributed by atoms with van der Waals surface area (Å²) in [6.45, 7) is 0.702. The summed E-state index contributed by atoms with van der Waals surface area (Å²) in [4.78, 5) is 32.3. The first-order valence-corrected chi connectivity index (χ1v) is 11.2. The molecule has 31 heavy (non-hydrogen) atoms. The topological polar surface area (TPSA) is 73.1 Å². The van der Waals surface area contributed by atoms with Crippen LogP contribution in [0.15, 0.2) is 62.8 Å². The summed E-state index contributed by atoms with van der Waals surface area (Å²) in [5.41, 5.74) is 0.253. The molecule has 3 aromatic rings. The molecule has 0 unspecified atom stereocenters. The maximum atomic E-state index is 13.2. The lowest BCUT2D eigenvalue weighted by atomic mass is 10.2. The van der Waals surface area contributed by atoms with E-state index in [1.807, 2.05) is 12.1 Å². The molecule has 1 aromatic carbocycles. The lowest BCUT2D eigenvalue weighted by molar-refractivity contribution is -0.122. The van der Waals surface area contributed by atoms with Gasteiger partial charge in [-0.1, -0.05) is 46.0 Å². The molecule has 0 atom stereocenters. The van der Waals surface area contributed by atoms with Crippen LogP contribution in [0.4, 0.5) is 0 Å². The molecule has 4 rings (SSSR count). The van der Waals surface area contributed by atoms with Crippen LogP contribution < -0.4 is 10.3 Å².